The number of hydrogen-bond acceptors (Lipinski definition) is 5. The first-order valence-corrected chi connectivity index (χ1v) is 8.67. The molecule has 2 saturated heterocycles. The van der Waals surface area contributed by atoms with Gasteiger partial charge in [-0.3, -0.25) is 0 Å². The van der Waals surface area contributed by atoms with Crippen molar-refractivity contribution in [1.82, 2.24) is 14.9 Å². The van der Waals surface area contributed by atoms with Crippen LogP contribution in [-0.4, -0.2) is 47.6 Å². The van der Waals surface area contributed by atoms with Crippen LogP contribution in [0.25, 0.3) is 0 Å². The van der Waals surface area contributed by atoms with E-state index in [1.807, 2.05) is 6.07 Å². The molecule has 5 nitrogen and oxygen atoms in total. The lowest BCUT2D eigenvalue weighted by Gasteiger charge is -2.35. The highest BCUT2D eigenvalue weighted by molar-refractivity contribution is 5.42. The summed E-state index contributed by atoms with van der Waals surface area (Å²) in [7, 11) is 0. The van der Waals surface area contributed by atoms with Crippen LogP contribution < -0.4 is 10.6 Å². The van der Waals surface area contributed by atoms with Crippen LogP contribution in [0, 0.1) is 17.8 Å². The van der Waals surface area contributed by atoms with E-state index in [0.717, 1.165) is 36.7 Å². The van der Waals surface area contributed by atoms with E-state index in [1.165, 1.54) is 38.9 Å². The van der Waals surface area contributed by atoms with Gasteiger partial charge >= 0.3 is 0 Å². The summed E-state index contributed by atoms with van der Waals surface area (Å²) in [6, 6.07) is 1.98. The predicted molar refractivity (Wildman–Crippen MR) is 90.8 cm³/mol. The molecule has 0 spiro atoms. The predicted octanol–water partition coefficient (Wildman–Crippen LogP) is 2.25. The zero-order chi connectivity index (χ0) is 15.5. The van der Waals surface area contributed by atoms with Crippen LogP contribution in [0.15, 0.2) is 12.3 Å². The molecule has 0 aliphatic carbocycles. The van der Waals surface area contributed by atoms with Crippen molar-refractivity contribution >= 4 is 11.8 Å². The van der Waals surface area contributed by atoms with E-state index in [2.05, 4.69) is 33.6 Å². The number of nitrogen functional groups attached to an aromatic ring is 1. The van der Waals surface area contributed by atoms with Crippen molar-refractivity contribution in [2.75, 3.05) is 43.4 Å². The number of rotatable bonds is 4. The van der Waals surface area contributed by atoms with Gasteiger partial charge in [0.1, 0.15) is 5.82 Å². The summed E-state index contributed by atoms with van der Waals surface area (Å²) >= 11 is 0. The number of likely N-dealkylation sites (tertiary alicyclic amines) is 1. The second-order valence-corrected chi connectivity index (χ2v) is 7.30. The second-order valence-electron chi connectivity index (χ2n) is 7.30. The monoisotopic (exact) mass is 303 g/mol. The molecule has 1 aromatic rings. The lowest BCUT2D eigenvalue weighted by Crippen LogP contribution is -2.38. The first-order chi connectivity index (χ1) is 10.6. The molecule has 2 N–H and O–H groups in total. The Labute approximate surface area is 133 Å². The summed E-state index contributed by atoms with van der Waals surface area (Å²) < 4.78 is 0. The second kappa shape index (κ2) is 6.82. The van der Waals surface area contributed by atoms with Crippen LogP contribution in [0.5, 0.6) is 0 Å². The molecule has 3 rings (SSSR count). The third-order valence-corrected chi connectivity index (χ3v) is 5.13. The molecule has 2 aliphatic heterocycles. The zero-order valence-corrected chi connectivity index (χ0v) is 13.9. The molecule has 0 unspecified atom stereocenters. The van der Waals surface area contributed by atoms with Gasteiger partial charge < -0.3 is 15.5 Å². The highest BCUT2D eigenvalue weighted by Gasteiger charge is 2.32. The van der Waals surface area contributed by atoms with E-state index in [4.69, 9.17) is 5.73 Å². The fourth-order valence-electron chi connectivity index (χ4n) is 4.04. The van der Waals surface area contributed by atoms with Crippen molar-refractivity contribution in [1.29, 1.82) is 0 Å². The zero-order valence-electron chi connectivity index (χ0n) is 13.9. The van der Waals surface area contributed by atoms with Gasteiger partial charge in [-0.05, 0) is 56.2 Å². The molecular formula is C17H29N5. The van der Waals surface area contributed by atoms with Crippen LogP contribution in [0.2, 0.25) is 0 Å². The number of anilines is 2. The third kappa shape index (κ3) is 3.69. The van der Waals surface area contributed by atoms with E-state index in [1.54, 1.807) is 6.20 Å². The number of piperidine rings is 1. The Bertz CT molecular complexity index is 482. The molecule has 5 heteroatoms. The average molecular weight is 303 g/mol. The maximum atomic E-state index is 5.70. The Kier molecular flexibility index (Phi) is 4.81. The van der Waals surface area contributed by atoms with E-state index < -0.39 is 0 Å². The minimum atomic E-state index is 0.378. The molecule has 1 atom stereocenters. The molecule has 0 radical (unpaired) electrons. The Morgan fingerprint density at radius 1 is 1.18 bits per heavy atom. The molecule has 1 aromatic heterocycles. The van der Waals surface area contributed by atoms with Gasteiger partial charge in [0, 0.05) is 25.8 Å². The van der Waals surface area contributed by atoms with Gasteiger partial charge in [0.15, 0.2) is 0 Å². The van der Waals surface area contributed by atoms with Gasteiger partial charge in [0.2, 0.25) is 5.95 Å². The highest BCUT2D eigenvalue weighted by atomic mass is 15.2. The van der Waals surface area contributed by atoms with Crippen LogP contribution in [0.3, 0.4) is 0 Å². The maximum Gasteiger partial charge on any atom is 0.221 e. The van der Waals surface area contributed by atoms with Crippen molar-refractivity contribution in [3.05, 3.63) is 12.3 Å². The van der Waals surface area contributed by atoms with Crippen molar-refractivity contribution in [2.24, 2.45) is 17.8 Å². The van der Waals surface area contributed by atoms with Crippen LogP contribution in [0.1, 0.15) is 33.1 Å². The average Bonchev–Trinajstić information content (AvgIpc) is 2.97. The van der Waals surface area contributed by atoms with Crippen LogP contribution >= 0.6 is 0 Å². The molecule has 0 saturated carbocycles. The normalized spacial score (nSPS) is 24.3. The number of nitrogens with two attached hydrogens (primary N) is 1. The molecule has 2 fully saturated rings. The van der Waals surface area contributed by atoms with Gasteiger partial charge in [-0.15, -0.1) is 0 Å². The number of aromatic nitrogens is 2. The molecule has 22 heavy (non-hydrogen) atoms. The van der Waals surface area contributed by atoms with Gasteiger partial charge in [-0.25, -0.2) is 4.98 Å². The summed E-state index contributed by atoms with van der Waals surface area (Å²) in [4.78, 5) is 13.4. The lowest BCUT2D eigenvalue weighted by molar-refractivity contribution is 0.141. The van der Waals surface area contributed by atoms with Gasteiger partial charge in [-0.2, -0.15) is 4.98 Å². The molecule has 0 amide bonds. The lowest BCUT2D eigenvalue weighted by atomic mass is 9.83. The minimum Gasteiger partial charge on any atom is -0.368 e. The fraction of sp³-hybridized carbons (Fsp3) is 0.765. The standard InChI is InChI=1S/C17H29N5/c1-13(2)11-21-8-4-14(5-9-21)15-6-10-22(12-15)16-3-7-19-17(18)20-16/h3,7,13-15H,4-6,8-12H2,1-2H3,(H2,18,19,20)/t15-/m1/s1. The van der Waals surface area contributed by atoms with E-state index in [-0.39, 0.29) is 0 Å². The maximum absolute atomic E-state index is 5.70. The molecular weight excluding hydrogens is 274 g/mol. The van der Waals surface area contributed by atoms with Crippen molar-refractivity contribution in [2.45, 2.75) is 33.1 Å². The van der Waals surface area contributed by atoms with Gasteiger partial charge in [0.05, 0.1) is 0 Å². The molecule has 0 aromatic carbocycles. The molecule has 2 aliphatic rings. The number of nitrogens with zero attached hydrogens (tertiary/aromatic N) is 4. The first-order valence-electron chi connectivity index (χ1n) is 8.67. The minimum absolute atomic E-state index is 0.378. The fourth-order valence-corrected chi connectivity index (χ4v) is 4.04. The summed E-state index contributed by atoms with van der Waals surface area (Å²) in [6.07, 6.45) is 5.77. The molecule has 3 heterocycles. The summed E-state index contributed by atoms with van der Waals surface area (Å²) in [5.41, 5.74) is 5.70. The third-order valence-electron chi connectivity index (χ3n) is 5.13. The Morgan fingerprint density at radius 3 is 2.59 bits per heavy atom. The van der Waals surface area contributed by atoms with Crippen LogP contribution in [-0.2, 0) is 0 Å². The largest absolute Gasteiger partial charge is 0.368 e. The quantitative estimate of drug-likeness (QED) is 0.924. The Hall–Kier alpha value is -1.36. The topological polar surface area (TPSA) is 58.3 Å². The van der Waals surface area contributed by atoms with Crippen molar-refractivity contribution < 1.29 is 0 Å². The van der Waals surface area contributed by atoms with E-state index in [0.29, 0.717) is 5.95 Å². The summed E-state index contributed by atoms with van der Waals surface area (Å²) in [5, 5.41) is 0. The summed E-state index contributed by atoms with van der Waals surface area (Å²) in [5.74, 6) is 3.85. The summed E-state index contributed by atoms with van der Waals surface area (Å²) in [6.45, 7) is 10.7. The highest BCUT2D eigenvalue weighted by Crippen LogP contribution is 2.33. The SMILES string of the molecule is CC(C)CN1CCC([C@@H]2CCN(c3ccnc(N)n3)C2)CC1. The van der Waals surface area contributed by atoms with Gasteiger partial charge in [-0.1, -0.05) is 13.8 Å². The molecule has 0 bridgehead atoms. The van der Waals surface area contributed by atoms with E-state index >= 15 is 0 Å². The van der Waals surface area contributed by atoms with Crippen LogP contribution in [0.4, 0.5) is 11.8 Å². The van der Waals surface area contributed by atoms with E-state index in [9.17, 15) is 0 Å². The number of hydrogen-bond donors (Lipinski definition) is 1. The smallest absolute Gasteiger partial charge is 0.221 e. The Morgan fingerprint density at radius 2 is 1.91 bits per heavy atom. The first kappa shape index (κ1) is 15.5. The van der Waals surface area contributed by atoms with Crippen molar-refractivity contribution in [3.63, 3.8) is 0 Å². The van der Waals surface area contributed by atoms with Gasteiger partial charge in [0.25, 0.3) is 0 Å². The van der Waals surface area contributed by atoms with Crippen molar-refractivity contribution in [3.8, 4) is 0 Å². The Balaban J connectivity index is 1.51. The molecule has 122 valence electrons.